The predicted octanol–water partition coefficient (Wildman–Crippen LogP) is 1.79. The lowest BCUT2D eigenvalue weighted by Crippen LogP contribution is -3.12. The Balaban J connectivity index is 1.57. The van der Waals surface area contributed by atoms with Crippen LogP contribution in [0.4, 0.5) is 0 Å². The second-order valence-electron chi connectivity index (χ2n) is 9.68. The molecule has 152 valence electrons. The van der Waals surface area contributed by atoms with Crippen LogP contribution in [-0.4, -0.2) is 44.5 Å². The van der Waals surface area contributed by atoms with Gasteiger partial charge in [-0.1, -0.05) is 0 Å². The summed E-state index contributed by atoms with van der Waals surface area (Å²) in [7, 11) is 0. The van der Waals surface area contributed by atoms with Crippen LogP contribution in [0, 0.1) is 5.41 Å². The van der Waals surface area contributed by atoms with Gasteiger partial charge in [-0.05, 0) is 64.8 Å². The molecule has 2 heterocycles. The fraction of sp³-hybridized carbons (Fsp3) is 0.739. The summed E-state index contributed by atoms with van der Waals surface area (Å²) in [5.41, 5.74) is 1.80. The lowest BCUT2D eigenvalue weighted by atomic mass is 9.73. The Hall–Kier alpha value is -1.10. The molecule has 0 radical (unpaired) electrons. The average molecular weight is 377 g/mol. The molecule has 2 fully saturated rings. The van der Waals surface area contributed by atoms with Crippen molar-refractivity contribution >= 4 is 0 Å². The van der Waals surface area contributed by atoms with Gasteiger partial charge in [-0.3, -0.25) is 0 Å². The van der Waals surface area contributed by atoms with E-state index in [2.05, 4.69) is 57.3 Å². The first-order valence-electron chi connectivity index (χ1n) is 10.9. The summed E-state index contributed by atoms with van der Waals surface area (Å²) in [5, 5.41) is 2.52. The number of ether oxygens (including phenoxy) is 2. The monoisotopic (exact) mass is 376 g/mol. The van der Waals surface area contributed by atoms with Gasteiger partial charge in [0.05, 0.1) is 43.3 Å². The predicted molar refractivity (Wildman–Crippen MR) is 109 cm³/mol. The third-order valence-electron chi connectivity index (χ3n) is 6.11. The lowest BCUT2D eigenvalue weighted by Gasteiger charge is -2.44. The minimum atomic E-state index is 0.0150. The van der Waals surface area contributed by atoms with E-state index < -0.39 is 0 Å². The van der Waals surface area contributed by atoms with Gasteiger partial charge in [0.1, 0.15) is 12.3 Å². The molecule has 2 aliphatic rings. The highest BCUT2D eigenvalue weighted by atomic mass is 16.5. The van der Waals surface area contributed by atoms with Crippen molar-refractivity contribution in [2.75, 3.05) is 32.8 Å². The highest BCUT2D eigenvalue weighted by molar-refractivity contribution is 5.26. The summed E-state index contributed by atoms with van der Waals surface area (Å²) < 4.78 is 11.8. The third-order valence-corrected chi connectivity index (χ3v) is 6.11. The molecule has 0 bridgehead atoms. The van der Waals surface area contributed by atoms with Crippen molar-refractivity contribution in [3.63, 3.8) is 0 Å². The molecule has 0 aliphatic carbocycles. The topological polar surface area (TPSA) is 39.5 Å². The van der Waals surface area contributed by atoms with Gasteiger partial charge in [0.2, 0.25) is 0 Å². The molecular formula is C23H40N2O2+2. The van der Waals surface area contributed by atoms with E-state index in [0.29, 0.717) is 5.41 Å². The maximum atomic E-state index is 6.06. The maximum absolute atomic E-state index is 6.06. The van der Waals surface area contributed by atoms with Crippen molar-refractivity contribution < 1.29 is 19.7 Å². The standard InChI is InChI=1S/C23H38N2O2/c1-19(2)27-21-9-7-20(8-10-21)15-24-17-23(18-25-12-5-6-13-25)11-14-26-22(3,4)16-23/h7-10,19,24H,5-6,11-18H2,1-4H3/p+2/t23-/m0/s1. The zero-order valence-corrected chi connectivity index (χ0v) is 17.9. The van der Waals surface area contributed by atoms with Crippen molar-refractivity contribution in [1.29, 1.82) is 0 Å². The maximum Gasteiger partial charge on any atom is 0.119 e. The fourth-order valence-electron chi connectivity index (χ4n) is 5.09. The molecule has 2 aliphatic heterocycles. The number of nitrogens with one attached hydrogen (secondary N) is 1. The Morgan fingerprint density at radius 1 is 1.15 bits per heavy atom. The largest absolute Gasteiger partial charge is 0.491 e. The average Bonchev–Trinajstić information content (AvgIpc) is 3.07. The van der Waals surface area contributed by atoms with E-state index in [1.54, 1.807) is 0 Å². The van der Waals surface area contributed by atoms with Crippen molar-refractivity contribution in [1.82, 2.24) is 0 Å². The smallest absolute Gasteiger partial charge is 0.119 e. The van der Waals surface area contributed by atoms with Crippen molar-refractivity contribution in [3.05, 3.63) is 29.8 Å². The van der Waals surface area contributed by atoms with Crippen molar-refractivity contribution in [3.8, 4) is 5.75 Å². The van der Waals surface area contributed by atoms with Gasteiger partial charge in [-0.2, -0.15) is 0 Å². The molecule has 1 atom stereocenters. The molecule has 1 aromatic carbocycles. The first-order valence-corrected chi connectivity index (χ1v) is 10.9. The number of rotatable bonds is 8. The minimum Gasteiger partial charge on any atom is -0.491 e. The van der Waals surface area contributed by atoms with Crippen LogP contribution in [0.3, 0.4) is 0 Å². The van der Waals surface area contributed by atoms with Gasteiger partial charge in [0.15, 0.2) is 0 Å². The molecule has 1 aromatic rings. The summed E-state index contributed by atoms with van der Waals surface area (Å²) in [6, 6.07) is 8.62. The molecule has 0 unspecified atom stereocenters. The normalized spacial score (nSPS) is 25.8. The van der Waals surface area contributed by atoms with Gasteiger partial charge in [-0.25, -0.2) is 0 Å². The minimum absolute atomic E-state index is 0.0150. The summed E-state index contributed by atoms with van der Waals surface area (Å²) in [4.78, 5) is 1.82. The van der Waals surface area contributed by atoms with Crippen LogP contribution in [0.1, 0.15) is 58.9 Å². The zero-order valence-electron chi connectivity index (χ0n) is 17.9. The molecule has 4 nitrogen and oxygen atoms in total. The van der Waals surface area contributed by atoms with Crippen LogP contribution in [0.15, 0.2) is 24.3 Å². The third kappa shape index (κ3) is 6.20. The molecule has 0 spiro atoms. The van der Waals surface area contributed by atoms with Gasteiger partial charge in [0, 0.05) is 25.0 Å². The lowest BCUT2D eigenvalue weighted by molar-refractivity contribution is -0.898. The number of benzene rings is 1. The van der Waals surface area contributed by atoms with Gasteiger partial charge < -0.3 is 19.7 Å². The molecule has 3 N–H and O–H groups in total. The van der Waals surface area contributed by atoms with Crippen molar-refractivity contribution in [2.24, 2.45) is 5.41 Å². The van der Waals surface area contributed by atoms with Gasteiger partial charge in [-0.15, -0.1) is 0 Å². The summed E-state index contributed by atoms with van der Waals surface area (Å²) in [5.74, 6) is 0.967. The first-order chi connectivity index (χ1) is 12.9. The van der Waals surface area contributed by atoms with E-state index in [9.17, 15) is 0 Å². The molecule has 0 aromatic heterocycles. The second-order valence-corrected chi connectivity index (χ2v) is 9.68. The summed E-state index contributed by atoms with van der Waals surface area (Å²) in [6.45, 7) is 15.9. The van der Waals surface area contributed by atoms with E-state index in [-0.39, 0.29) is 11.7 Å². The first kappa shape index (κ1) is 20.6. The van der Waals surface area contributed by atoms with Crippen LogP contribution >= 0.6 is 0 Å². The summed E-state index contributed by atoms with van der Waals surface area (Å²) in [6.07, 6.45) is 5.42. The SMILES string of the molecule is CC(C)Oc1ccc(C[NH2+]C[C@]2(C[NH+]3CCCC3)CCOC(C)(C)C2)cc1. The molecule has 27 heavy (non-hydrogen) atoms. The number of likely N-dealkylation sites (tertiary alicyclic amines) is 1. The second kappa shape index (κ2) is 8.93. The van der Waals surface area contributed by atoms with Crippen LogP contribution < -0.4 is 15.0 Å². The summed E-state index contributed by atoms with van der Waals surface area (Å²) >= 11 is 0. The Labute approximate surface area is 165 Å². The Morgan fingerprint density at radius 2 is 1.85 bits per heavy atom. The van der Waals surface area contributed by atoms with Gasteiger partial charge in [0.25, 0.3) is 0 Å². The fourth-order valence-corrected chi connectivity index (χ4v) is 5.09. The molecule has 0 amide bonds. The van der Waals surface area contributed by atoms with Crippen molar-refractivity contribution in [2.45, 2.75) is 71.6 Å². The Kier molecular flexibility index (Phi) is 6.83. The quantitative estimate of drug-likeness (QED) is 0.726. The Morgan fingerprint density at radius 3 is 2.48 bits per heavy atom. The van der Waals surface area contributed by atoms with Crippen LogP contribution in [0.2, 0.25) is 0 Å². The van der Waals surface area contributed by atoms with E-state index >= 15 is 0 Å². The number of hydrogen-bond donors (Lipinski definition) is 2. The number of quaternary nitrogens is 2. The molecular weight excluding hydrogens is 336 g/mol. The van der Waals surface area contributed by atoms with Crippen LogP contribution in [-0.2, 0) is 11.3 Å². The highest BCUT2D eigenvalue weighted by Crippen LogP contribution is 2.37. The van der Waals surface area contributed by atoms with E-state index in [4.69, 9.17) is 9.47 Å². The number of hydrogen-bond acceptors (Lipinski definition) is 2. The Bertz CT molecular complexity index is 579. The molecule has 3 rings (SSSR count). The van der Waals surface area contributed by atoms with Gasteiger partial charge >= 0.3 is 0 Å². The highest BCUT2D eigenvalue weighted by Gasteiger charge is 2.45. The van der Waals surface area contributed by atoms with Crippen LogP contribution in [0.5, 0.6) is 5.75 Å². The molecule has 0 saturated carbocycles. The van der Waals surface area contributed by atoms with E-state index in [0.717, 1.165) is 18.9 Å². The van der Waals surface area contributed by atoms with E-state index in [1.807, 2.05) is 4.90 Å². The van der Waals surface area contributed by atoms with Crippen LogP contribution in [0.25, 0.3) is 0 Å². The van der Waals surface area contributed by atoms with E-state index in [1.165, 1.54) is 57.4 Å². The number of nitrogens with two attached hydrogens (primary N) is 1. The molecule has 4 heteroatoms. The zero-order chi connectivity index (χ0) is 19.3. The molecule has 2 saturated heterocycles.